The van der Waals surface area contributed by atoms with E-state index in [9.17, 15) is 9.90 Å². The zero-order chi connectivity index (χ0) is 28.1. The third kappa shape index (κ3) is 5.40. The number of hydrogen-bond donors (Lipinski definition) is 1. The molecule has 0 radical (unpaired) electrons. The second-order valence-corrected chi connectivity index (χ2v) is 11.7. The lowest BCUT2D eigenvalue weighted by atomic mass is 10.0. The minimum absolute atomic E-state index is 0.0975. The SMILES string of the molecule is COc1ccc(Cl)cc1Cn1c(-c2ccc(OCC3(CC(=O)O)CC3)cc2Cl)nc2c(OC3(C)CC3)ncnc21. The van der Waals surface area contributed by atoms with Gasteiger partial charge < -0.3 is 23.9 Å². The van der Waals surface area contributed by atoms with Crippen LogP contribution in [-0.4, -0.2) is 49.9 Å². The van der Waals surface area contributed by atoms with Gasteiger partial charge in [-0.3, -0.25) is 4.79 Å². The molecular formula is C29H28Cl2N4O5. The van der Waals surface area contributed by atoms with Crippen molar-refractivity contribution in [2.24, 2.45) is 5.41 Å². The van der Waals surface area contributed by atoms with Crippen LogP contribution in [0.1, 0.15) is 44.6 Å². The number of ether oxygens (including phenoxy) is 3. The summed E-state index contributed by atoms with van der Waals surface area (Å²) in [7, 11) is 1.61. The van der Waals surface area contributed by atoms with Gasteiger partial charge >= 0.3 is 5.97 Å². The lowest BCUT2D eigenvalue weighted by Gasteiger charge is -2.16. The number of halogens is 2. The van der Waals surface area contributed by atoms with Gasteiger partial charge in [-0.05, 0) is 69.0 Å². The van der Waals surface area contributed by atoms with Gasteiger partial charge in [-0.15, -0.1) is 0 Å². The van der Waals surface area contributed by atoms with Gasteiger partial charge in [-0.2, -0.15) is 4.98 Å². The van der Waals surface area contributed by atoms with Crippen molar-refractivity contribution in [3.8, 4) is 28.8 Å². The maximum absolute atomic E-state index is 11.2. The van der Waals surface area contributed by atoms with Gasteiger partial charge in [-0.1, -0.05) is 23.2 Å². The second-order valence-electron chi connectivity index (χ2n) is 10.9. The summed E-state index contributed by atoms with van der Waals surface area (Å²) in [6.45, 7) is 2.74. The highest BCUT2D eigenvalue weighted by Gasteiger charge is 2.45. The summed E-state index contributed by atoms with van der Waals surface area (Å²) in [5.41, 5.74) is 2.09. The maximum atomic E-state index is 11.2. The Morgan fingerprint density at radius 3 is 2.58 bits per heavy atom. The Morgan fingerprint density at radius 2 is 1.90 bits per heavy atom. The normalized spacial score (nSPS) is 16.5. The summed E-state index contributed by atoms with van der Waals surface area (Å²) in [6, 6.07) is 10.8. The van der Waals surface area contributed by atoms with Crippen molar-refractivity contribution in [1.29, 1.82) is 0 Å². The molecule has 2 aliphatic carbocycles. The number of hydrogen-bond acceptors (Lipinski definition) is 7. The van der Waals surface area contributed by atoms with Crippen molar-refractivity contribution in [2.45, 2.75) is 51.2 Å². The molecule has 0 saturated heterocycles. The number of nitrogens with zero attached hydrogens (tertiary/aromatic N) is 4. The number of carboxylic acids is 1. The average molecular weight is 583 g/mol. The molecule has 0 aliphatic heterocycles. The van der Waals surface area contributed by atoms with E-state index in [0.29, 0.717) is 63.1 Å². The zero-order valence-corrected chi connectivity index (χ0v) is 23.6. The number of aromatic nitrogens is 4. The van der Waals surface area contributed by atoms with Crippen LogP contribution in [0.2, 0.25) is 10.0 Å². The van der Waals surface area contributed by atoms with Crippen molar-refractivity contribution >= 4 is 40.3 Å². The second kappa shape index (κ2) is 10.1. The van der Waals surface area contributed by atoms with E-state index in [4.69, 9.17) is 42.4 Å². The predicted octanol–water partition coefficient (Wildman–Crippen LogP) is 6.42. The van der Waals surface area contributed by atoms with Crippen molar-refractivity contribution in [3.05, 3.63) is 58.3 Å². The van der Waals surface area contributed by atoms with Crippen molar-refractivity contribution in [2.75, 3.05) is 13.7 Å². The molecule has 2 aromatic carbocycles. The van der Waals surface area contributed by atoms with E-state index in [0.717, 1.165) is 31.2 Å². The Bertz CT molecular complexity index is 1610. The molecule has 9 nitrogen and oxygen atoms in total. The fourth-order valence-electron chi connectivity index (χ4n) is 4.77. The summed E-state index contributed by atoms with van der Waals surface area (Å²) >= 11 is 13.2. The van der Waals surface area contributed by atoms with E-state index in [1.807, 2.05) is 35.8 Å². The third-order valence-electron chi connectivity index (χ3n) is 7.58. The molecule has 40 heavy (non-hydrogen) atoms. The van der Waals surface area contributed by atoms with Crippen LogP contribution in [0.15, 0.2) is 42.7 Å². The molecule has 208 valence electrons. The molecule has 1 N–H and O–H groups in total. The summed E-state index contributed by atoms with van der Waals surface area (Å²) in [5, 5.41) is 10.2. The van der Waals surface area contributed by atoms with Gasteiger partial charge in [0.25, 0.3) is 0 Å². The monoisotopic (exact) mass is 582 g/mol. The molecular weight excluding hydrogens is 555 g/mol. The molecule has 2 heterocycles. The van der Waals surface area contributed by atoms with Crippen molar-refractivity contribution in [1.82, 2.24) is 19.5 Å². The van der Waals surface area contributed by atoms with Crippen molar-refractivity contribution in [3.63, 3.8) is 0 Å². The predicted molar refractivity (Wildman–Crippen MR) is 151 cm³/mol. The molecule has 6 rings (SSSR count). The average Bonchev–Trinajstić information content (AvgIpc) is 3.81. The summed E-state index contributed by atoms with van der Waals surface area (Å²) in [5.74, 6) is 1.43. The number of carboxylic acid groups (broad SMARTS) is 1. The summed E-state index contributed by atoms with van der Waals surface area (Å²) < 4.78 is 19.7. The number of fused-ring (bicyclic) bond motifs is 1. The van der Waals surface area contributed by atoms with Gasteiger partial charge in [0.15, 0.2) is 11.2 Å². The number of methoxy groups -OCH3 is 1. The van der Waals surface area contributed by atoms with Crippen LogP contribution in [-0.2, 0) is 11.3 Å². The first kappa shape index (κ1) is 26.7. The fraction of sp³-hybridized carbons (Fsp3) is 0.379. The van der Waals surface area contributed by atoms with E-state index in [-0.39, 0.29) is 17.4 Å². The van der Waals surface area contributed by atoms with Crippen LogP contribution in [0.25, 0.3) is 22.6 Å². The largest absolute Gasteiger partial charge is 0.496 e. The fourth-order valence-corrected chi connectivity index (χ4v) is 5.22. The van der Waals surface area contributed by atoms with E-state index in [1.165, 1.54) is 6.33 Å². The van der Waals surface area contributed by atoms with E-state index >= 15 is 0 Å². The van der Waals surface area contributed by atoms with Crippen LogP contribution < -0.4 is 14.2 Å². The van der Waals surface area contributed by atoms with Gasteiger partial charge in [0.1, 0.15) is 29.3 Å². The van der Waals surface area contributed by atoms with Crippen LogP contribution in [0.3, 0.4) is 0 Å². The lowest BCUT2D eigenvalue weighted by Crippen LogP contribution is -2.17. The molecule has 2 aromatic heterocycles. The van der Waals surface area contributed by atoms with Gasteiger partial charge in [0.05, 0.1) is 31.7 Å². The zero-order valence-electron chi connectivity index (χ0n) is 22.1. The highest BCUT2D eigenvalue weighted by Crippen LogP contribution is 2.49. The first-order valence-electron chi connectivity index (χ1n) is 13.0. The number of benzene rings is 2. The first-order valence-corrected chi connectivity index (χ1v) is 13.8. The smallest absolute Gasteiger partial charge is 0.304 e. The maximum Gasteiger partial charge on any atom is 0.304 e. The molecule has 0 amide bonds. The standard InChI is InChI=1S/C29H28Cl2N4O5/c1-28(7-8-28)40-27-24-26(32-16-33-27)35(14-17-11-18(30)3-6-22(17)38-2)25(34-24)20-5-4-19(12-21(20)31)39-15-29(9-10-29)13-23(36)37/h3-6,11-12,16H,7-10,13-15H2,1-2H3,(H,36,37). The Balaban J connectivity index is 1.39. The number of carbonyl (C=O) groups is 1. The van der Waals surface area contributed by atoms with Crippen LogP contribution in [0.4, 0.5) is 0 Å². The number of aliphatic carboxylic acids is 1. The minimum atomic E-state index is -0.813. The van der Waals surface area contributed by atoms with E-state index in [2.05, 4.69) is 9.97 Å². The molecule has 0 bridgehead atoms. The molecule has 2 saturated carbocycles. The Kier molecular flexibility index (Phi) is 6.74. The van der Waals surface area contributed by atoms with Gasteiger partial charge in [0.2, 0.25) is 5.88 Å². The molecule has 0 unspecified atom stereocenters. The molecule has 11 heteroatoms. The molecule has 0 atom stereocenters. The Labute approximate surface area is 241 Å². The molecule has 0 spiro atoms. The minimum Gasteiger partial charge on any atom is -0.496 e. The summed E-state index contributed by atoms with van der Waals surface area (Å²) in [4.78, 5) is 25.1. The summed E-state index contributed by atoms with van der Waals surface area (Å²) in [6.07, 6.45) is 5.16. The van der Waals surface area contributed by atoms with E-state index < -0.39 is 5.97 Å². The Morgan fingerprint density at radius 1 is 1.10 bits per heavy atom. The van der Waals surface area contributed by atoms with Crippen LogP contribution >= 0.6 is 23.2 Å². The van der Waals surface area contributed by atoms with Crippen LogP contribution in [0.5, 0.6) is 17.4 Å². The van der Waals surface area contributed by atoms with Gasteiger partial charge in [-0.25, -0.2) is 9.97 Å². The number of rotatable bonds is 11. The highest BCUT2D eigenvalue weighted by atomic mass is 35.5. The lowest BCUT2D eigenvalue weighted by molar-refractivity contribution is -0.138. The van der Waals surface area contributed by atoms with Crippen molar-refractivity contribution < 1.29 is 24.1 Å². The molecule has 2 fully saturated rings. The highest BCUT2D eigenvalue weighted by molar-refractivity contribution is 6.33. The van der Waals surface area contributed by atoms with E-state index in [1.54, 1.807) is 19.2 Å². The third-order valence-corrected chi connectivity index (χ3v) is 8.12. The number of imidazole rings is 1. The van der Waals surface area contributed by atoms with Crippen LogP contribution in [0, 0.1) is 5.41 Å². The topological polar surface area (TPSA) is 109 Å². The molecule has 4 aromatic rings. The Hall–Kier alpha value is -3.56. The van der Waals surface area contributed by atoms with Gasteiger partial charge in [0, 0.05) is 21.6 Å². The molecule has 2 aliphatic rings. The quantitative estimate of drug-likeness (QED) is 0.216. The first-order chi connectivity index (χ1) is 19.2.